The van der Waals surface area contributed by atoms with Crippen LogP contribution in [0.15, 0.2) is 60.0 Å². The summed E-state index contributed by atoms with van der Waals surface area (Å²) < 4.78 is 50.9. The maximum absolute atomic E-state index is 15.0. The van der Waals surface area contributed by atoms with Gasteiger partial charge in [-0.05, 0) is 114 Å². The number of carbonyl (C=O) groups excluding carboxylic acids is 3. The molecule has 330 valence electrons. The number of ketones is 1. The number of ether oxygens (including phenoxy) is 1. The largest absolute Gasteiger partial charge is 0.459 e. The third kappa shape index (κ3) is 8.37. The molecule has 4 heterocycles. The standard InChI is InChI=1S/C48H58FN5O6S2/c1-30(2)54-39-17-11-16-37(43-50-38(29-61-43)32-12-9-10-13-32)42(39)51-46(54)60-36-25-40-41(55)27-48(45(57)52-62(58,59)47(3)22-23-47)26-34(48)15-8-6-4-5-7-14-33(44(56)53(40)28-36)24-31-18-20-35(49)21-19-31/h8,11,15-21,29-30,32-34,36,40H,4-7,9-10,12-14,22-28H2,1-3H3,(H,52,57)/b15-8-/t33-,34+,36-,40+,48-/m1/s1. The number of imidazole rings is 1. The minimum atomic E-state index is -3.94. The fourth-order valence-corrected chi connectivity index (χ4v) is 12.4. The first-order chi connectivity index (χ1) is 29.7. The second kappa shape index (κ2) is 16.9. The number of fused-ring (bicyclic) bond motifs is 3. The van der Waals surface area contributed by atoms with E-state index in [1.165, 1.54) is 25.0 Å². The first-order valence-electron chi connectivity index (χ1n) is 22.7. The summed E-state index contributed by atoms with van der Waals surface area (Å²) in [6.45, 7) is 5.92. The number of hydrogen-bond donors (Lipinski definition) is 1. The number of thiazole rings is 1. The molecule has 0 radical (unpaired) electrons. The highest BCUT2D eigenvalue weighted by Gasteiger charge is 2.62. The van der Waals surface area contributed by atoms with Gasteiger partial charge in [0.1, 0.15) is 22.4 Å². The van der Waals surface area contributed by atoms with Gasteiger partial charge in [0.2, 0.25) is 21.8 Å². The van der Waals surface area contributed by atoms with Crippen LogP contribution in [0.1, 0.15) is 134 Å². The number of rotatable bonds is 10. The van der Waals surface area contributed by atoms with Gasteiger partial charge in [0.05, 0.1) is 34.0 Å². The molecule has 62 heavy (non-hydrogen) atoms. The Balaban J connectivity index is 1.04. The first-order valence-corrected chi connectivity index (χ1v) is 25.1. The van der Waals surface area contributed by atoms with Crippen LogP contribution in [-0.4, -0.2) is 68.9 Å². The second-order valence-electron chi connectivity index (χ2n) is 19.2. The van der Waals surface area contributed by atoms with E-state index in [1.54, 1.807) is 35.3 Å². The number of hydrogen-bond acceptors (Lipinski definition) is 9. The van der Waals surface area contributed by atoms with Crippen LogP contribution in [0, 0.1) is 23.1 Å². The summed E-state index contributed by atoms with van der Waals surface area (Å²) in [5.41, 5.74) is 3.36. The predicted octanol–water partition coefficient (Wildman–Crippen LogP) is 9.23. The van der Waals surface area contributed by atoms with Gasteiger partial charge >= 0.3 is 0 Å². The van der Waals surface area contributed by atoms with E-state index in [-0.39, 0.29) is 48.9 Å². The molecule has 0 unspecified atom stereocenters. The van der Waals surface area contributed by atoms with Crippen molar-refractivity contribution in [2.24, 2.45) is 17.3 Å². The molecule has 0 bridgehead atoms. The van der Waals surface area contributed by atoms with Crippen LogP contribution in [0.4, 0.5) is 4.39 Å². The Morgan fingerprint density at radius 2 is 1.77 bits per heavy atom. The maximum atomic E-state index is 15.0. The molecular formula is C48H58FN5O6S2. The summed E-state index contributed by atoms with van der Waals surface area (Å²) in [4.78, 5) is 55.8. The molecule has 4 aromatic rings. The van der Waals surface area contributed by atoms with Gasteiger partial charge in [0.15, 0.2) is 5.78 Å². The van der Waals surface area contributed by atoms with E-state index < -0.39 is 44.2 Å². The van der Waals surface area contributed by atoms with Gasteiger partial charge in [-0.2, -0.15) is 4.98 Å². The zero-order chi connectivity index (χ0) is 43.4. The van der Waals surface area contributed by atoms with Gasteiger partial charge < -0.3 is 9.64 Å². The minimum Gasteiger partial charge on any atom is -0.459 e. The Bertz CT molecular complexity index is 2490. The van der Waals surface area contributed by atoms with Crippen molar-refractivity contribution in [3.05, 3.63) is 77.1 Å². The number of Topliss-reactive ketones (excluding diaryl/α,β-unsaturated/α-hetero) is 1. The van der Waals surface area contributed by atoms with Crippen LogP contribution < -0.4 is 9.46 Å². The summed E-state index contributed by atoms with van der Waals surface area (Å²) in [5.74, 6) is -1.74. The Kier molecular flexibility index (Phi) is 11.7. The first kappa shape index (κ1) is 42.9. The number of benzene rings is 2. The molecule has 11 nitrogen and oxygen atoms in total. The number of nitrogens with zero attached hydrogens (tertiary/aromatic N) is 4. The number of sulfonamides is 1. The van der Waals surface area contributed by atoms with Crippen molar-refractivity contribution < 1.29 is 31.9 Å². The summed E-state index contributed by atoms with van der Waals surface area (Å²) >= 11 is 1.63. The van der Waals surface area contributed by atoms with Crippen LogP contribution in [-0.2, 0) is 30.8 Å². The van der Waals surface area contributed by atoms with Crippen molar-refractivity contribution in [3.63, 3.8) is 0 Å². The lowest BCUT2D eigenvalue weighted by Gasteiger charge is -2.29. The molecule has 5 atom stereocenters. The van der Waals surface area contributed by atoms with Gasteiger partial charge in [0.25, 0.3) is 6.01 Å². The fraction of sp³-hybridized carbons (Fsp3) is 0.562. The molecule has 1 N–H and O–H groups in total. The van der Waals surface area contributed by atoms with E-state index in [2.05, 4.69) is 34.6 Å². The van der Waals surface area contributed by atoms with E-state index in [4.69, 9.17) is 14.7 Å². The van der Waals surface area contributed by atoms with Crippen LogP contribution >= 0.6 is 11.3 Å². The topological polar surface area (TPSA) is 141 Å². The van der Waals surface area contributed by atoms with Crippen LogP contribution in [0.25, 0.3) is 21.6 Å². The van der Waals surface area contributed by atoms with Gasteiger partial charge in [-0.15, -0.1) is 11.3 Å². The maximum Gasteiger partial charge on any atom is 0.297 e. The lowest BCUT2D eigenvalue weighted by molar-refractivity contribution is -0.142. The van der Waals surface area contributed by atoms with Crippen LogP contribution in [0.3, 0.4) is 0 Å². The fourth-order valence-electron chi connectivity index (χ4n) is 10.1. The van der Waals surface area contributed by atoms with E-state index in [9.17, 15) is 27.2 Å². The summed E-state index contributed by atoms with van der Waals surface area (Å²) in [6.07, 6.45) is 13.8. The molecule has 2 aromatic heterocycles. The quantitative estimate of drug-likeness (QED) is 0.156. The van der Waals surface area contributed by atoms with Gasteiger partial charge in [-0.1, -0.05) is 56.0 Å². The number of halogens is 1. The molecule has 2 aromatic carbocycles. The van der Waals surface area contributed by atoms with Crippen molar-refractivity contribution in [1.82, 2.24) is 24.2 Å². The average molecular weight is 884 g/mol. The third-order valence-electron chi connectivity index (χ3n) is 14.4. The molecule has 1 saturated heterocycles. The van der Waals surface area contributed by atoms with Gasteiger partial charge in [-0.25, -0.2) is 17.8 Å². The molecule has 5 aliphatic rings. The van der Waals surface area contributed by atoms with Crippen molar-refractivity contribution in [1.29, 1.82) is 0 Å². The van der Waals surface area contributed by atoms with Crippen molar-refractivity contribution in [3.8, 4) is 16.6 Å². The number of nitrogens with one attached hydrogen (secondary N) is 1. The molecule has 3 aliphatic carbocycles. The molecule has 9 rings (SSSR count). The number of para-hydroxylation sites is 1. The molecule has 3 saturated carbocycles. The van der Waals surface area contributed by atoms with E-state index in [0.717, 1.165) is 71.4 Å². The average Bonchev–Trinajstić information content (AvgIpc) is 3.73. The van der Waals surface area contributed by atoms with E-state index in [1.807, 2.05) is 24.3 Å². The highest BCUT2D eigenvalue weighted by atomic mass is 32.2. The lowest BCUT2D eigenvalue weighted by Crippen LogP contribution is -2.47. The van der Waals surface area contributed by atoms with Gasteiger partial charge in [0, 0.05) is 41.7 Å². The van der Waals surface area contributed by atoms with Crippen LogP contribution in [0.5, 0.6) is 6.01 Å². The Morgan fingerprint density at radius 1 is 1.02 bits per heavy atom. The Hall–Kier alpha value is -4.43. The third-order valence-corrected chi connectivity index (χ3v) is 17.4. The molecule has 14 heteroatoms. The monoisotopic (exact) mass is 883 g/mol. The Labute approximate surface area is 368 Å². The van der Waals surface area contributed by atoms with Crippen LogP contribution in [0.2, 0.25) is 0 Å². The predicted molar refractivity (Wildman–Crippen MR) is 238 cm³/mol. The van der Waals surface area contributed by atoms with Crippen molar-refractivity contribution in [2.75, 3.05) is 6.54 Å². The lowest BCUT2D eigenvalue weighted by atomic mass is 9.90. The second-order valence-corrected chi connectivity index (χ2v) is 22.2. The zero-order valence-electron chi connectivity index (χ0n) is 36.0. The number of carbonyl (C=O) groups is 3. The number of amides is 2. The number of aromatic nitrogens is 3. The molecule has 0 spiro atoms. The van der Waals surface area contributed by atoms with E-state index in [0.29, 0.717) is 44.0 Å². The minimum absolute atomic E-state index is 0.0294. The molecule has 2 amide bonds. The smallest absolute Gasteiger partial charge is 0.297 e. The Morgan fingerprint density at radius 3 is 2.52 bits per heavy atom. The summed E-state index contributed by atoms with van der Waals surface area (Å²) in [6, 6.07) is 11.8. The van der Waals surface area contributed by atoms with E-state index >= 15 is 0 Å². The highest BCUT2D eigenvalue weighted by molar-refractivity contribution is 7.91. The highest BCUT2D eigenvalue weighted by Crippen LogP contribution is 2.58. The molecule has 4 fully saturated rings. The molecular weight excluding hydrogens is 826 g/mol. The number of allylic oxidation sites excluding steroid dienone is 2. The summed E-state index contributed by atoms with van der Waals surface area (Å²) in [7, 11) is -3.94. The van der Waals surface area contributed by atoms with Crippen molar-refractivity contribution >= 4 is 50.0 Å². The van der Waals surface area contributed by atoms with Gasteiger partial charge in [-0.3, -0.25) is 23.7 Å². The van der Waals surface area contributed by atoms with Crippen molar-refractivity contribution in [2.45, 2.75) is 146 Å². The summed E-state index contributed by atoms with van der Waals surface area (Å²) in [5, 5.41) is 3.09. The SMILES string of the molecule is CC(C)n1c(O[C@@H]2C[C@H]3C(=O)C[C@]4(C(=O)NS(=O)(=O)C5(C)CC5)C[C@@H]4/C=C\CCCCC[C@H](Cc4ccc(F)cc4)C(=O)N3C2)nc2c(-c3nc(C4CCCC4)cs3)cccc21. The zero-order valence-corrected chi connectivity index (χ0v) is 37.6. The molecule has 2 aliphatic heterocycles. The normalized spacial score (nSPS) is 27.4.